The molecule has 0 bridgehead atoms. The number of hydrogen-bond acceptors (Lipinski definition) is 2. The molecule has 1 unspecified atom stereocenters. The van der Waals surface area contributed by atoms with E-state index in [1.165, 1.54) is 44.2 Å². The van der Waals surface area contributed by atoms with Crippen molar-refractivity contribution < 1.29 is 5.11 Å². The molecule has 0 fully saturated rings. The first kappa shape index (κ1) is 21.8. The number of anilines is 1. The fourth-order valence-electron chi connectivity index (χ4n) is 3.62. The Balaban J connectivity index is 2.03. The van der Waals surface area contributed by atoms with Crippen molar-refractivity contribution in [3.63, 3.8) is 0 Å². The molecule has 0 aromatic heterocycles. The summed E-state index contributed by atoms with van der Waals surface area (Å²) >= 11 is 6.63. The number of benzene rings is 2. The van der Waals surface area contributed by atoms with Gasteiger partial charge in [0.1, 0.15) is 0 Å². The molecule has 2 aromatic carbocycles. The third kappa shape index (κ3) is 6.55. The Morgan fingerprint density at radius 2 is 1.63 bits per heavy atom. The zero-order valence-electron chi connectivity index (χ0n) is 16.8. The van der Waals surface area contributed by atoms with Crippen molar-refractivity contribution in [2.75, 3.05) is 24.6 Å². The van der Waals surface area contributed by atoms with Crippen molar-refractivity contribution in [3.8, 4) is 0 Å². The van der Waals surface area contributed by atoms with Crippen LogP contribution in [-0.4, -0.2) is 24.8 Å². The molecular weight excluding hydrogens is 354 g/mol. The molecule has 148 valence electrons. The van der Waals surface area contributed by atoms with Crippen LogP contribution in [0.25, 0.3) is 0 Å². The van der Waals surface area contributed by atoms with Crippen LogP contribution in [0.2, 0.25) is 5.02 Å². The van der Waals surface area contributed by atoms with Gasteiger partial charge < -0.3 is 10.0 Å². The van der Waals surface area contributed by atoms with Crippen molar-refractivity contribution in [3.05, 3.63) is 64.7 Å². The van der Waals surface area contributed by atoms with Crippen LogP contribution in [-0.2, 0) is 0 Å². The fraction of sp³-hybridized carbons (Fsp3) is 0.500. The van der Waals surface area contributed by atoms with E-state index in [0.717, 1.165) is 29.2 Å². The summed E-state index contributed by atoms with van der Waals surface area (Å²) in [6.45, 7) is 6.55. The molecule has 2 nitrogen and oxygen atoms in total. The van der Waals surface area contributed by atoms with Gasteiger partial charge in [0.2, 0.25) is 0 Å². The van der Waals surface area contributed by atoms with Gasteiger partial charge in [-0.2, -0.15) is 0 Å². The van der Waals surface area contributed by atoms with E-state index in [2.05, 4.69) is 36.9 Å². The van der Waals surface area contributed by atoms with E-state index in [9.17, 15) is 5.11 Å². The SMILES string of the molecule is CCCCCCCCN(CC)c1ccc(C(CO)c2ccccc2)c(Cl)c1. The summed E-state index contributed by atoms with van der Waals surface area (Å²) in [5, 5.41) is 10.7. The van der Waals surface area contributed by atoms with Gasteiger partial charge in [0, 0.05) is 29.7 Å². The maximum atomic E-state index is 9.92. The van der Waals surface area contributed by atoms with Gasteiger partial charge in [0.15, 0.2) is 0 Å². The van der Waals surface area contributed by atoms with Crippen LogP contribution in [0.3, 0.4) is 0 Å². The van der Waals surface area contributed by atoms with Crippen molar-refractivity contribution in [1.29, 1.82) is 0 Å². The van der Waals surface area contributed by atoms with Crippen LogP contribution in [0, 0.1) is 0 Å². The topological polar surface area (TPSA) is 23.5 Å². The van der Waals surface area contributed by atoms with Gasteiger partial charge in [-0.15, -0.1) is 0 Å². The summed E-state index contributed by atoms with van der Waals surface area (Å²) in [5.74, 6) is -0.0820. The summed E-state index contributed by atoms with van der Waals surface area (Å²) in [6, 6.07) is 16.4. The second-order valence-corrected chi connectivity index (χ2v) is 7.61. The predicted octanol–water partition coefficient (Wildman–Crippen LogP) is 6.65. The Morgan fingerprint density at radius 1 is 0.926 bits per heavy atom. The first-order valence-electron chi connectivity index (χ1n) is 10.4. The van der Waals surface area contributed by atoms with Crippen LogP contribution in [0.5, 0.6) is 0 Å². The third-order valence-corrected chi connectivity index (χ3v) is 5.60. The Hall–Kier alpha value is -1.51. The number of aliphatic hydroxyl groups is 1. The molecule has 27 heavy (non-hydrogen) atoms. The molecule has 1 atom stereocenters. The van der Waals surface area contributed by atoms with E-state index in [-0.39, 0.29) is 12.5 Å². The van der Waals surface area contributed by atoms with Crippen molar-refractivity contribution >= 4 is 17.3 Å². The molecule has 0 saturated heterocycles. The molecule has 2 aromatic rings. The van der Waals surface area contributed by atoms with Crippen molar-refractivity contribution in [2.45, 2.75) is 58.3 Å². The number of hydrogen-bond donors (Lipinski definition) is 1. The summed E-state index contributed by atoms with van der Waals surface area (Å²) < 4.78 is 0. The van der Waals surface area contributed by atoms with Gasteiger partial charge in [-0.1, -0.05) is 87.0 Å². The molecule has 2 rings (SSSR count). The van der Waals surface area contributed by atoms with Crippen molar-refractivity contribution in [1.82, 2.24) is 0 Å². The molecule has 1 N–H and O–H groups in total. The third-order valence-electron chi connectivity index (χ3n) is 5.27. The van der Waals surface area contributed by atoms with Crippen LogP contribution >= 0.6 is 11.6 Å². The van der Waals surface area contributed by atoms with E-state index in [0.29, 0.717) is 0 Å². The molecule has 0 saturated carbocycles. The van der Waals surface area contributed by atoms with Crippen LogP contribution in [0.4, 0.5) is 5.69 Å². The smallest absolute Gasteiger partial charge is 0.0541 e. The lowest BCUT2D eigenvalue weighted by Gasteiger charge is -2.25. The van der Waals surface area contributed by atoms with Gasteiger partial charge >= 0.3 is 0 Å². The number of nitrogens with zero attached hydrogens (tertiary/aromatic N) is 1. The van der Waals surface area contributed by atoms with E-state index in [4.69, 9.17) is 11.6 Å². The second-order valence-electron chi connectivity index (χ2n) is 7.20. The predicted molar refractivity (Wildman–Crippen MR) is 118 cm³/mol. The van der Waals surface area contributed by atoms with Gasteiger partial charge in [-0.3, -0.25) is 0 Å². The maximum absolute atomic E-state index is 9.92. The summed E-state index contributed by atoms with van der Waals surface area (Å²) in [6.07, 6.45) is 7.85. The lowest BCUT2D eigenvalue weighted by Crippen LogP contribution is -2.24. The fourth-order valence-corrected chi connectivity index (χ4v) is 3.92. The molecule has 0 aliphatic rings. The first-order valence-corrected chi connectivity index (χ1v) is 10.8. The Kier molecular flexibility index (Phi) is 9.72. The first-order chi connectivity index (χ1) is 13.2. The summed E-state index contributed by atoms with van der Waals surface area (Å²) in [4.78, 5) is 2.39. The van der Waals surface area contributed by atoms with Crippen LogP contribution < -0.4 is 4.90 Å². The average molecular weight is 388 g/mol. The standard InChI is InChI=1S/C24H34ClNO/c1-3-5-6-7-8-12-17-26(4-2)21-15-16-22(24(25)18-21)23(19-27)20-13-10-9-11-14-20/h9-11,13-16,18,23,27H,3-8,12,17,19H2,1-2H3. The Labute approximate surface area is 170 Å². The minimum absolute atomic E-state index is 0.0539. The van der Waals surface area contributed by atoms with E-state index >= 15 is 0 Å². The highest BCUT2D eigenvalue weighted by Crippen LogP contribution is 2.33. The van der Waals surface area contributed by atoms with E-state index in [1.807, 2.05) is 30.3 Å². The molecule has 0 aliphatic carbocycles. The maximum Gasteiger partial charge on any atom is 0.0541 e. The normalized spacial score (nSPS) is 12.1. The molecule has 0 heterocycles. The van der Waals surface area contributed by atoms with Gasteiger partial charge in [0.05, 0.1) is 6.61 Å². The zero-order valence-corrected chi connectivity index (χ0v) is 17.6. The number of aliphatic hydroxyl groups excluding tert-OH is 1. The van der Waals surface area contributed by atoms with Gasteiger partial charge in [0.25, 0.3) is 0 Å². The molecule has 0 aliphatic heterocycles. The number of halogens is 1. The van der Waals surface area contributed by atoms with Crippen molar-refractivity contribution in [2.24, 2.45) is 0 Å². The Bertz CT molecular complexity index is 659. The second kappa shape index (κ2) is 12.0. The van der Waals surface area contributed by atoms with Gasteiger partial charge in [-0.05, 0) is 36.6 Å². The summed E-state index contributed by atoms with van der Waals surface area (Å²) in [7, 11) is 0. The average Bonchev–Trinajstić information content (AvgIpc) is 2.70. The van der Waals surface area contributed by atoms with Crippen LogP contribution in [0.1, 0.15) is 69.4 Å². The van der Waals surface area contributed by atoms with Crippen LogP contribution in [0.15, 0.2) is 48.5 Å². The lowest BCUT2D eigenvalue weighted by atomic mass is 9.92. The number of unbranched alkanes of at least 4 members (excludes halogenated alkanes) is 5. The largest absolute Gasteiger partial charge is 0.395 e. The van der Waals surface area contributed by atoms with E-state index in [1.54, 1.807) is 0 Å². The summed E-state index contributed by atoms with van der Waals surface area (Å²) in [5.41, 5.74) is 3.25. The highest BCUT2D eigenvalue weighted by Gasteiger charge is 2.17. The van der Waals surface area contributed by atoms with E-state index < -0.39 is 0 Å². The Morgan fingerprint density at radius 3 is 2.26 bits per heavy atom. The molecule has 3 heteroatoms. The lowest BCUT2D eigenvalue weighted by molar-refractivity contribution is 0.280. The minimum Gasteiger partial charge on any atom is -0.395 e. The highest BCUT2D eigenvalue weighted by molar-refractivity contribution is 6.31. The minimum atomic E-state index is -0.0820. The van der Waals surface area contributed by atoms with Gasteiger partial charge in [-0.25, -0.2) is 0 Å². The molecular formula is C24H34ClNO. The number of rotatable bonds is 12. The molecule has 0 spiro atoms. The zero-order chi connectivity index (χ0) is 19.5. The molecule has 0 amide bonds. The quantitative estimate of drug-likeness (QED) is 0.412. The molecule has 0 radical (unpaired) electrons. The highest BCUT2D eigenvalue weighted by atomic mass is 35.5. The monoisotopic (exact) mass is 387 g/mol.